The second-order valence-corrected chi connectivity index (χ2v) is 8.43. The van der Waals surface area contributed by atoms with Crippen molar-refractivity contribution in [3.63, 3.8) is 0 Å². The summed E-state index contributed by atoms with van der Waals surface area (Å²) in [6, 6.07) is 2.47. The number of aromatic nitrogens is 1. The highest BCUT2D eigenvalue weighted by Crippen LogP contribution is 2.52. The molecule has 3 heterocycles. The maximum Gasteiger partial charge on any atom is 0.193 e. The number of halogens is 1. The Bertz CT molecular complexity index is 669. The minimum absolute atomic E-state index is 0. The number of rotatable bonds is 3. The van der Waals surface area contributed by atoms with E-state index in [0.29, 0.717) is 18.1 Å². The zero-order valence-electron chi connectivity index (χ0n) is 16.8. The van der Waals surface area contributed by atoms with E-state index < -0.39 is 0 Å². The Hall–Kier alpha value is -0.870. The molecule has 2 saturated heterocycles. The Balaban J connectivity index is 0.00000210. The topological polar surface area (TPSA) is 66.1 Å². The Morgan fingerprint density at radius 1 is 1.33 bits per heavy atom. The molecule has 2 aliphatic heterocycles. The van der Waals surface area contributed by atoms with E-state index >= 15 is 0 Å². The van der Waals surface area contributed by atoms with E-state index in [1.807, 2.05) is 20.0 Å². The molecule has 1 aliphatic carbocycles. The highest BCUT2D eigenvalue weighted by atomic mass is 127. The first-order valence-electron chi connectivity index (χ1n) is 9.73. The third-order valence-electron chi connectivity index (χ3n) is 6.33. The van der Waals surface area contributed by atoms with Crippen molar-refractivity contribution in [3.05, 3.63) is 17.5 Å². The Morgan fingerprint density at radius 3 is 2.70 bits per heavy atom. The van der Waals surface area contributed by atoms with Crippen LogP contribution in [0.15, 0.2) is 15.6 Å². The van der Waals surface area contributed by atoms with Gasteiger partial charge in [-0.25, -0.2) is 0 Å². The van der Waals surface area contributed by atoms with E-state index in [-0.39, 0.29) is 29.4 Å². The lowest BCUT2D eigenvalue weighted by Crippen LogP contribution is -2.68. The summed E-state index contributed by atoms with van der Waals surface area (Å²) in [6.45, 7) is 12.3. The minimum Gasteiger partial charge on any atom is -0.377 e. The van der Waals surface area contributed by atoms with Crippen LogP contribution in [0.3, 0.4) is 0 Å². The van der Waals surface area contributed by atoms with Gasteiger partial charge in [0.1, 0.15) is 5.76 Å². The Kier molecular flexibility index (Phi) is 6.37. The van der Waals surface area contributed by atoms with Crippen molar-refractivity contribution in [2.24, 2.45) is 16.3 Å². The zero-order valence-corrected chi connectivity index (χ0v) is 19.1. The van der Waals surface area contributed by atoms with Gasteiger partial charge in [-0.1, -0.05) is 19.0 Å². The molecule has 7 nitrogen and oxygen atoms in total. The lowest BCUT2D eigenvalue weighted by atomic mass is 9.57. The van der Waals surface area contributed by atoms with Crippen molar-refractivity contribution in [3.8, 4) is 0 Å². The number of aryl methyl sites for hydroxylation is 1. The highest BCUT2D eigenvalue weighted by Gasteiger charge is 2.59. The van der Waals surface area contributed by atoms with Gasteiger partial charge in [0.15, 0.2) is 5.96 Å². The molecule has 1 aromatic rings. The number of guanidine groups is 1. The molecular formula is C19H32IN5O2. The largest absolute Gasteiger partial charge is 0.377 e. The van der Waals surface area contributed by atoms with Crippen molar-refractivity contribution in [1.29, 1.82) is 0 Å². The number of fused-ring (bicyclic) bond motifs is 1. The molecule has 8 heteroatoms. The average Bonchev–Trinajstić information content (AvgIpc) is 3.24. The molecule has 27 heavy (non-hydrogen) atoms. The molecule has 3 aliphatic rings. The van der Waals surface area contributed by atoms with Crippen molar-refractivity contribution in [2.45, 2.75) is 45.9 Å². The summed E-state index contributed by atoms with van der Waals surface area (Å²) in [5, 5.41) is 7.86. The number of nitrogens with one attached hydrogen (secondary N) is 1. The quantitative estimate of drug-likeness (QED) is 0.399. The number of hydrogen-bond donors (Lipinski definition) is 1. The van der Waals surface area contributed by atoms with Crippen LogP contribution >= 0.6 is 24.0 Å². The predicted octanol–water partition coefficient (Wildman–Crippen LogP) is 2.11. The molecule has 4 rings (SSSR count). The third kappa shape index (κ3) is 3.98. The van der Waals surface area contributed by atoms with Crippen LogP contribution in [0.1, 0.15) is 31.7 Å². The number of ether oxygens (including phenoxy) is 1. The first-order valence-corrected chi connectivity index (χ1v) is 9.73. The molecule has 0 bridgehead atoms. The van der Waals surface area contributed by atoms with E-state index in [1.54, 1.807) is 0 Å². The summed E-state index contributed by atoms with van der Waals surface area (Å²) in [4.78, 5) is 9.37. The predicted molar refractivity (Wildman–Crippen MR) is 115 cm³/mol. The van der Waals surface area contributed by atoms with Gasteiger partial charge in [0, 0.05) is 69.8 Å². The van der Waals surface area contributed by atoms with Gasteiger partial charge >= 0.3 is 0 Å². The number of aliphatic imine (C=N–C) groups is 1. The van der Waals surface area contributed by atoms with Gasteiger partial charge in [-0.15, -0.1) is 24.0 Å². The summed E-state index contributed by atoms with van der Waals surface area (Å²) >= 11 is 0. The van der Waals surface area contributed by atoms with Crippen LogP contribution in [0.4, 0.5) is 0 Å². The van der Waals surface area contributed by atoms with Crippen LogP contribution in [0.25, 0.3) is 0 Å². The van der Waals surface area contributed by atoms with Crippen molar-refractivity contribution < 1.29 is 9.26 Å². The lowest BCUT2D eigenvalue weighted by molar-refractivity contribution is -0.107. The first-order chi connectivity index (χ1) is 12.5. The molecule has 3 atom stereocenters. The van der Waals surface area contributed by atoms with Gasteiger partial charge < -0.3 is 19.5 Å². The number of hydrogen-bond acceptors (Lipinski definition) is 5. The molecule has 1 aromatic heterocycles. The molecule has 1 saturated carbocycles. The maximum atomic E-state index is 5.92. The van der Waals surface area contributed by atoms with Crippen LogP contribution in [0.5, 0.6) is 0 Å². The summed E-state index contributed by atoms with van der Waals surface area (Å²) in [7, 11) is 1.89. The van der Waals surface area contributed by atoms with Crippen LogP contribution < -0.4 is 5.32 Å². The molecule has 1 N–H and O–H groups in total. The molecule has 3 fully saturated rings. The molecule has 0 aromatic carbocycles. The summed E-state index contributed by atoms with van der Waals surface area (Å²) in [5.74, 6) is 2.53. The van der Waals surface area contributed by atoms with E-state index in [1.165, 1.54) is 0 Å². The van der Waals surface area contributed by atoms with Crippen LogP contribution in [0.2, 0.25) is 0 Å². The third-order valence-corrected chi connectivity index (χ3v) is 6.33. The fraction of sp³-hybridized carbons (Fsp3) is 0.789. The van der Waals surface area contributed by atoms with Gasteiger partial charge in [0.05, 0.1) is 11.8 Å². The SMILES string of the molecule is CN=C(NC1C2CCOC2C1(C)C)N1CCN(Cc2cc(C)on2)CC1.I. The average molecular weight is 489 g/mol. The van der Waals surface area contributed by atoms with E-state index in [4.69, 9.17) is 9.26 Å². The number of piperazine rings is 1. The highest BCUT2D eigenvalue weighted by molar-refractivity contribution is 14.0. The van der Waals surface area contributed by atoms with Crippen molar-refractivity contribution in [2.75, 3.05) is 39.8 Å². The first kappa shape index (κ1) is 20.9. The normalized spacial score (nSPS) is 30.4. The van der Waals surface area contributed by atoms with E-state index in [9.17, 15) is 0 Å². The van der Waals surface area contributed by atoms with Gasteiger partial charge in [-0.3, -0.25) is 9.89 Å². The smallest absolute Gasteiger partial charge is 0.193 e. The Labute approximate surface area is 178 Å². The molecule has 3 unspecified atom stereocenters. The minimum atomic E-state index is 0. The molecule has 152 valence electrons. The monoisotopic (exact) mass is 489 g/mol. The molecule has 0 radical (unpaired) electrons. The second-order valence-electron chi connectivity index (χ2n) is 8.43. The summed E-state index contributed by atoms with van der Waals surface area (Å²) < 4.78 is 11.1. The molecule has 0 amide bonds. The summed E-state index contributed by atoms with van der Waals surface area (Å²) in [6.07, 6.45) is 1.56. The van der Waals surface area contributed by atoms with Gasteiger partial charge in [0.25, 0.3) is 0 Å². The lowest BCUT2D eigenvalue weighted by Gasteiger charge is -2.55. The van der Waals surface area contributed by atoms with Gasteiger partial charge in [-0.05, 0) is 13.3 Å². The molecular weight excluding hydrogens is 457 g/mol. The van der Waals surface area contributed by atoms with E-state index in [2.05, 4.69) is 39.1 Å². The van der Waals surface area contributed by atoms with Crippen molar-refractivity contribution in [1.82, 2.24) is 20.3 Å². The van der Waals surface area contributed by atoms with Gasteiger partial charge in [-0.2, -0.15) is 0 Å². The van der Waals surface area contributed by atoms with Crippen molar-refractivity contribution >= 4 is 29.9 Å². The Morgan fingerprint density at radius 2 is 2.07 bits per heavy atom. The van der Waals surface area contributed by atoms with Crippen LogP contribution in [-0.2, 0) is 11.3 Å². The standard InChI is InChI=1S/C19H31N5O2.HI/c1-13-11-14(22-26-13)12-23-6-8-24(9-7-23)18(20-4)21-16-15-5-10-25-17(15)19(16,2)3;/h11,15-17H,5-10,12H2,1-4H3,(H,20,21);1H. The zero-order chi connectivity index (χ0) is 18.3. The van der Waals surface area contributed by atoms with Crippen LogP contribution in [-0.4, -0.2) is 72.9 Å². The van der Waals surface area contributed by atoms with E-state index in [0.717, 1.165) is 63.2 Å². The second kappa shape index (κ2) is 8.24. The summed E-state index contributed by atoms with van der Waals surface area (Å²) in [5.41, 5.74) is 1.19. The van der Waals surface area contributed by atoms with Gasteiger partial charge in [0.2, 0.25) is 0 Å². The molecule has 0 spiro atoms. The fourth-order valence-corrected chi connectivity index (χ4v) is 4.89. The number of nitrogens with zero attached hydrogens (tertiary/aromatic N) is 4. The maximum absolute atomic E-state index is 5.92. The van der Waals surface area contributed by atoms with Crippen LogP contribution in [0, 0.1) is 18.3 Å². The fourth-order valence-electron chi connectivity index (χ4n) is 4.89.